The summed E-state index contributed by atoms with van der Waals surface area (Å²) in [5, 5.41) is 18.5. The molecule has 0 spiro atoms. The molecule has 0 aliphatic heterocycles. The fourth-order valence-corrected chi connectivity index (χ4v) is 2.66. The number of rotatable bonds is 8. The first-order chi connectivity index (χ1) is 13.5. The first-order valence-electron chi connectivity index (χ1n) is 8.73. The molecule has 0 saturated heterocycles. The second-order valence-corrected chi connectivity index (χ2v) is 6.29. The van der Waals surface area contributed by atoms with Crippen molar-refractivity contribution in [3.8, 4) is 23.6 Å². The van der Waals surface area contributed by atoms with E-state index < -0.39 is 0 Å². The Morgan fingerprint density at radius 1 is 1.14 bits per heavy atom. The van der Waals surface area contributed by atoms with Crippen molar-refractivity contribution < 1.29 is 14.3 Å². The van der Waals surface area contributed by atoms with Gasteiger partial charge in [0.2, 0.25) is 0 Å². The number of hydrogen-bond donors (Lipinski definition) is 0. The minimum absolute atomic E-state index is 0.189. The maximum absolute atomic E-state index is 12.8. The summed E-state index contributed by atoms with van der Waals surface area (Å²) in [4.78, 5) is 14.3. The maximum atomic E-state index is 12.8. The molecular weight excluding hydrogens is 378 g/mol. The van der Waals surface area contributed by atoms with E-state index >= 15 is 0 Å². The molecule has 0 aromatic heterocycles. The molecule has 2 aromatic carbocycles. The van der Waals surface area contributed by atoms with Gasteiger partial charge >= 0.3 is 0 Å². The SMILES string of the molecule is CCOc1cc(C#N)ccc1OCC(=O)N(CCC#N)c1ccc(Cl)c(C)c1. The van der Waals surface area contributed by atoms with Crippen LogP contribution in [0, 0.1) is 29.6 Å². The number of aryl methyl sites for hydroxylation is 1. The van der Waals surface area contributed by atoms with Gasteiger partial charge in [-0.1, -0.05) is 11.6 Å². The number of halogens is 1. The second kappa shape index (κ2) is 10.2. The van der Waals surface area contributed by atoms with E-state index in [1.807, 2.05) is 26.0 Å². The quantitative estimate of drug-likeness (QED) is 0.664. The summed E-state index contributed by atoms with van der Waals surface area (Å²) in [6.45, 7) is 4.07. The Morgan fingerprint density at radius 2 is 1.93 bits per heavy atom. The zero-order valence-electron chi connectivity index (χ0n) is 15.7. The Balaban J connectivity index is 2.19. The molecule has 28 heavy (non-hydrogen) atoms. The van der Waals surface area contributed by atoms with Crippen LogP contribution in [0.3, 0.4) is 0 Å². The number of nitrogens with zero attached hydrogens (tertiary/aromatic N) is 3. The smallest absolute Gasteiger partial charge is 0.264 e. The summed E-state index contributed by atoms with van der Waals surface area (Å²) < 4.78 is 11.1. The van der Waals surface area contributed by atoms with Crippen LogP contribution in [0.2, 0.25) is 5.02 Å². The van der Waals surface area contributed by atoms with Crippen molar-refractivity contribution in [3.05, 3.63) is 52.5 Å². The van der Waals surface area contributed by atoms with E-state index in [-0.39, 0.29) is 25.5 Å². The summed E-state index contributed by atoms with van der Waals surface area (Å²) in [7, 11) is 0. The van der Waals surface area contributed by atoms with Crippen LogP contribution in [0.1, 0.15) is 24.5 Å². The van der Waals surface area contributed by atoms with Gasteiger partial charge in [-0.05, 0) is 49.7 Å². The van der Waals surface area contributed by atoms with Gasteiger partial charge < -0.3 is 14.4 Å². The van der Waals surface area contributed by atoms with Gasteiger partial charge in [-0.25, -0.2) is 0 Å². The summed E-state index contributed by atoms with van der Waals surface area (Å²) in [5.41, 5.74) is 1.92. The van der Waals surface area contributed by atoms with E-state index in [9.17, 15) is 4.79 Å². The zero-order chi connectivity index (χ0) is 20.5. The van der Waals surface area contributed by atoms with E-state index in [2.05, 4.69) is 0 Å². The van der Waals surface area contributed by atoms with Crippen LogP contribution >= 0.6 is 11.6 Å². The molecule has 0 atom stereocenters. The largest absolute Gasteiger partial charge is 0.490 e. The molecule has 6 nitrogen and oxygen atoms in total. The Morgan fingerprint density at radius 3 is 2.57 bits per heavy atom. The summed E-state index contributed by atoms with van der Waals surface area (Å²) in [6.07, 6.45) is 0.189. The van der Waals surface area contributed by atoms with Gasteiger partial charge in [-0.15, -0.1) is 0 Å². The lowest BCUT2D eigenvalue weighted by Gasteiger charge is -2.23. The van der Waals surface area contributed by atoms with Crippen LogP contribution < -0.4 is 14.4 Å². The van der Waals surface area contributed by atoms with E-state index in [1.54, 1.807) is 36.4 Å². The highest BCUT2D eigenvalue weighted by Crippen LogP contribution is 2.29. The van der Waals surface area contributed by atoms with Crippen molar-refractivity contribution in [2.24, 2.45) is 0 Å². The molecule has 0 N–H and O–H groups in total. The highest BCUT2D eigenvalue weighted by molar-refractivity contribution is 6.31. The topological polar surface area (TPSA) is 86.3 Å². The van der Waals surface area contributed by atoms with E-state index in [0.717, 1.165) is 5.56 Å². The monoisotopic (exact) mass is 397 g/mol. The lowest BCUT2D eigenvalue weighted by Crippen LogP contribution is -2.35. The molecule has 0 aliphatic carbocycles. The lowest BCUT2D eigenvalue weighted by atomic mass is 10.2. The van der Waals surface area contributed by atoms with E-state index in [0.29, 0.717) is 34.4 Å². The van der Waals surface area contributed by atoms with Gasteiger partial charge in [0.05, 0.1) is 30.7 Å². The molecule has 0 bridgehead atoms. The fraction of sp³-hybridized carbons (Fsp3) is 0.286. The van der Waals surface area contributed by atoms with Crippen LogP contribution in [0.5, 0.6) is 11.5 Å². The second-order valence-electron chi connectivity index (χ2n) is 5.88. The molecule has 0 aliphatic rings. The average molecular weight is 398 g/mol. The maximum Gasteiger partial charge on any atom is 0.264 e. The first kappa shape index (κ1) is 21.1. The normalized spacial score (nSPS) is 9.89. The van der Waals surface area contributed by atoms with Crippen LogP contribution in [0.4, 0.5) is 5.69 Å². The molecule has 0 saturated carbocycles. The van der Waals surface area contributed by atoms with Gasteiger partial charge in [-0.3, -0.25) is 4.79 Å². The summed E-state index contributed by atoms with van der Waals surface area (Å²) in [6, 6.07) is 14.1. The molecule has 0 heterocycles. The minimum atomic E-state index is -0.302. The molecule has 0 radical (unpaired) electrons. The summed E-state index contributed by atoms with van der Waals surface area (Å²) >= 11 is 6.06. The predicted molar refractivity (Wildman–Crippen MR) is 107 cm³/mol. The van der Waals surface area contributed by atoms with E-state index in [4.69, 9.17) is 31.6 Å². The highest BCUT2D eigenvalue weighted by Gasteiger charge is 2.18. The average Bonchev–Trinajstić information content (AvgIpc) is 2.70. The van der Waals surface area contributed by atoms with Crippen molar-refractivity contribution in [2.75, 3.05) is 24.7 Å². The number of hydrogen-bond acceptors (Lipinski definition) is 5. The molecule has 0 fully saturated rings. The van der Waals surface area contributed by atoms with Crippen LogP contribution in [0.15, 0.2) is 36.4 Å². The number of carbonyl (C=O) groups is 1. The minimum Gasteiger partial charge on any atom is -0.490 e. The highest BCUT2D eigenvalue weighted by atomic mass is 35.5. The first-order valence-corrected chi connectivity index (χ1v) is 9.11. The number of nitriles is 2. The standard InChI is InChI=1S/C21H20ClN3O3/c1-3-27-20-12-16(13-24)5-8-19(20)28-14-21(26)25(10-4-9-23)17-6-7-18(22)15(2)11-17/h5-8,11-12H,3-4,10,14H2,1-2H3. The van der Waals surface area contributed by atoms with Crippen LogP contribution in [-0.4, -0.2) is 25.7 Å². The third-order valence-electron chi connectivity index (χ3n) is 3.93. The molecule has 0 unspecified atom stereocenters. The molecule has 1 amide bonds. The van der Waals surface area contributed by atoms with Gasteiger partial charge in [0.25, 0.3) is 5.91 Å². The summed E-state index contributed by atoms with van der Waals surface area (Å²) in [5.74, 6) is 0.478. The molecular formula is C21H20ClN3O3. The number of carbonyl (C=O) groups excluding carboxylic acids is 1. The fourth-order valence-electron chi connectivity index (χ4n) is 2.54. The van der Waals surface area contributed by atoms with Gasteiger partial charge in [0, 0.05) is 23.3 Å². The van der Waals surface area contributed by atoms with Crippen molar-refractivity contribution in [3.63, 3.8) is 0 Å². The third-order valence-corrected chi connectivity index (χ3v) is 4.35. The Hall–Kier alpha value is -3.22. The molecule has 2 aromatic rings. The van der Waals surface area contributed by atoms with Crippen molar-refractivity contribution >= 4 is 23.2 Å². The third kappa shape index (κ3) is 5.39. The van der Waals surface area contributed by atoms with Crippen molar-refractivity contribution in [2.45, 2.75) is 20.3 Å². The Kier molecular flexibility index (Phi) is 7.68. The lowest BCUT2D eigenvalue weighted by molar-refractivity contribution is -0.120. The van der Waals surface area contributed by atoms with Crippen molar-refractivity contribution in [1.29, 1.82) is 10.5 Å². The van der Waals surface area contributed by atoms with Crippen molar-refractivity contribution in [1.82, 2.24) is 0 Å². The van der Waals surface area contributed by atoms with Crippen LogP contribution in [-0.2, 0) is 4.79 Å². The Bertz CT molecular complexity index is 931. The van der Waals surface area contributed by atoms with Crippen LogP contribution in [0.25, 0.3) is 0 Å². The van der Waals surface area contributed by atoms with E-state index in [1.165, 1.54) is 4.90 Å². The Labute approximate surface area is 169 Å². The number of anilines is 1. The molecule has 144 valence electrons. The van der Waals surface area contributed by atoms with Gasteiger partial charge in [0.1, 0.15) is 0 Å². The predicted octanol–water partition coefficient (Wildman–Crippen LogP) is 4.24. The molecule has 2 rings (SSSR count). The zero-order valence-corrected chi connectivity index (χ0v) is 16.5. The van der Waals surface area contributed by atoms with Gasteiger partial charge in [0.15, 0.2) is 18.1 Å². The molecule has 7 heteroatoms. The number of ether oxygens (including phenoxy) is 2. The number of benzene rings is 2. The van der Waals surface area contributed by atoms with Gasteiger partial charge in [-0.2, -0.15) is 10.5 Å². The number of amides is 1.